The van der Waals surface area contributed by atoms with Gasteiger partial charge in [-0.3, -0.25) is 4.57 Å². The van der Waals surface area contributed by atoms with E-state index in [-0.39, 0.29) is 0 Å². The summed E-state index contributed by atoms with van der Waals surface area (Å²) in [6.07, 6.45) is 7.40. The van der Waals surface area contributed by atoms with Crippen LogP contribution in [0.1, 0.15) is 44.0 Å². The molecule has 0 saturated heterocycles. The Labute approximate surface area is 156 Å². The predicted molar refractivity (Wildman–Crippen MR) is 106 cm³/mol. The van der Waals surface area contributed by atoms with Crippen LogP contribution in [0.25, 0.3) is 16.4 Å². The summed E-state index contributed by atoms with van der Waals surface area (Å²) in [6, 6.07) is 10.3. The van der Waals surface area contributed by atoms with Crippen molar-refractivity contribution in [2.24, 2.45) is 0 Å². The lowest BCUT2D eigenvalue weighted by atomic mass is 10.1. The normalized spacial score (nSPS) is 11.0. The topological polar surface area (TPSA) is 30.7 Å². The smallest absolute Gasteiger partial charge is 0.218 e. The largest absolute Gasteiger partial charge is 0.265 e. The van der Waals surface area contributed by atoms with Gasteiger partial charge in [0.15, 0.2) is 3.95 Å². The summed E-state index contributed by atoms with van der Waals surface area (Å²) >= 11 is 8.75. The van der Waals surface area contributed by atoms with Gasteiger partial charge in [0.05, 0.1) is 5.69 Å². The molecule has 0 atom stereocenters. The summed E-state index contributed by atoms with van der Waals surface area (Å²) in [5, 5.41) is 12.8. The van der Waals surface area contributed by atoms with Gasteiger partial charge in [-0.2, -0.15) is 0 Å². The number of thiazole rings is 1. The molecular weight excluding hydrogens is 354 g/mol. The van der Waals surface area contributed by atoms with Crippen LogP contribution in [0.5, 0.6) is 0 Å². The molecule has 24 heavy (non-hydrogen) atoms. The van der Waals surface area contributed by atoms with E-state index in [0.29, 0.717) is 0 Å². The second-order valence-corrected chi connectivity index (χ2v) is 8.27. The quantitative estimate of drug-likeness (QED) is 0.342. The van der Waals surface area contributed by atoms with E-state index < -0.39 is 0 Å². The lowest BCUT2D eigenvalue weighted by Gasteiger charge is -2.04. The first-order valence-corrected chi connectivity index (χ1v) is 10.5. The number of nitrogens with zero attached hydrogens (tertiary/aromatic N) is 3. The fraction of sp³-hybridized carbons (Fsp3) is 0.389. The van der Waals surface area contributed by atoms with E-state index in [0.717, 1.165) is 31.8 Å². The van der Waals surface area contributed by atoms with Crippen LogP contribution in [-0.2, 0) is 6.42 Å². The Morgan fingerprint density at radius 2 is 1.83 bits per heavy atom. The summed E-state index contributed by atoms with van der Waals surface area (Å²) < 4.78 is 2.87. The lowest BCUT2D eigenvalue weighted by molar-refractivity contribution is 0.629. The van der Waals surface area contributed by atoms with Gasteiger partial charge in [0.25, 0.3) is 0 Å². The Bertz CT molecular complexity index is 817. The number of rotatable bonds is 8. The van der Waals surface area contributed by atoms with Crippen molar-refractivity contribution in [3.63, 3.8) is 0 Å². The highest BCUT2D eigenvalue weighted by Crippen LogP contribution is 2.29. The third kappa shape index (κ3) is 4.18. The fourth-order valence-electron chi connectivity index (χ4n) is 2.61. The fourth-order valence-corrected chi connectivity index (χ4v) is 4.70. The molecule has 3 aromatic rings. The Kier molecular flexibility index (Phi) is 6.29. The molecule has 3 rings (SSSR count). The summed E-state index contributed by atoms with van der Waals surface area (Å²) in [5.74, 6) is 0. The minimum Gasteiger partial charge on any atom is -0.265 e. The van der Waals surface area contributed by atoms with Crippen LogP contribution in [-0.4, -0.2) is 14.8 Å². The minimum atomic E-state index is 0.819. The Morgan fingerprint density at radius 1 is 1.04 bits per heavy atom. The van der Waals surface area contributed by atoms with Crippen molar-refractivity contribution in [3.05, 3.63) is 44.7 Å². The van der Waals surface area contributed by atoms with Crippen molar-refractivity contribution in [3.8, 4) is 16.4 Å². The summed E-state index contributed by atoms with van der Waals surface area (Å²) in [4.78, 5) is 0. The van der Waals surface area contributed by atoms with Crippen LogP contribution in [0.4, 0.5) is 0 Å². The molecular formula is C18H21N3S3. The van der Waals surface area contributed by atoms with Gasteiger partial charge < -0.3 is 0 Å². The summed E-state index contributed by atoms with van der Waals surface area (Å²) in [7, 11) is 0. The van der Waals surface area contributed by atoms with E-state index in [2.05, 4.69) is 34.6 Å². The monoisotopic (exact) mass is 375 g/mol. The van der Waals surface area contributed by atoms with Crippen LogP contribution in [0.15, 0.2) is 35.7 Å². The third-order valence-corrected chi connectivity index (χ3v) is 6.07. The van der Waals surface area contributed by atoms with Gasteiger partial charge >= 0.3 is 0 Å². The number of benzene rings is 1. The van der Waals surface area contributed by atoms with Crippen LogP contribution in [0.3, 0.4) is 0 Å². The average Bonchev–Trinajstić information content (AvgIpc) is 3.22. The molecule has 0 N–H and O–H groups in total. The number of aryl methyl sites for hydroxylation is 1. The first-order valence-electron chi connectivity index (χ1n) is 8.38. The van der Waals surface area contributed by atoms with Crippen molar-refractivity contribution in [2.75, 3.05) is 0 Å². The maximum atomic E-state index is 5.52. The molecule has 0 spiro atoms. The molecule has 3 nitrogen and oxygen atoms in total. The highest BCUT2D eigenvalue weighted by atomic mass is 32.1. The van der Waals surface area contributed by atoms with Crippen LogP contribution in [0.2, 0.25) is 0 Å². The van der Waals surface area contributed by atoms with Crippen molar-refractivity contribution >= 4 is 34.9 Å². The maximum absolute atomic E-state index is 5.52. The van der Waals surface area contributed by atoms with Crippen LogP contribution in [0, 0.1) is 3.95 Å². The van der Waals surface area contributed by atoms with E-state index in [1.807, 2.05) is 22.8 Å². The molecule has 0 radical (unpaired) electrons. The number of unbranched alkanes of at least 4 members (excludes halogenated alkanes) is 4. The second-order valence-electron chi connectivity index (χ2n) is 5.73. The standard InChI is InChI=1S/C18H21N3S3/c1-2-3-4-5-9-12-16-19-20-17(24-16)21-15(13-23-18(21)22)14-10-7-6-8-11-14/h6-8,10-11,13H,2-5,9,12H2,1H3. The zero-order valence-corrected chi connectivity index (χ0v) is 16.2. The number of hydrogen-bond donors (Lipinski definition) is 0. The molecule has 2 aromatic heterocycles. The molecule has 6 heteroatoms. The first-order chi connectivity index (χ1) is 11.8. The molecule has 0 bridgehead atoms. The Morgan fingerprint density at radius 3 is 2.62 bits per heavy atom. The molecule has 0 aliphatic carbocycles. The average molecular weight is 376 g/mol. The number of hydrogen-bond acceptors (Lipinski definition) is 5. The van der Waals surface area contributed by atoms with E-state index in [9.17, 15) is 0 Å². The van der Waals surface area contributed by atoms with E-state index in [1.54, 1.807) is 22.7 Å². The SMILES string of the molecule is CCCCCCCc1nnc(-n2c(-c3ccccc3)csc2=S)s1. The molecule has 0 aliphatic heterocycles. The Balaban J connectivity index is 1.76. The van der Waals surface area contributed by atoms with Gasteiger partial charge in [-0.05, 0) is 24.2 Å². The molecule has 0 unspecified atom stereocenters. The van der Waals surface area contributed by atoms with E-state index >= 15 is 0 Å². The van der Waals surface area contributed by atoms with Gasteiger partial charge in [-0.15, -0.1) is 21.5 Å². The van der Waals surface area contributed by atoms with E-state index in [4.69, 9.17) is 12.2 Å². The molecule has 0 amide bonds. The zero-order valence-electron chi connectivity index (χ0n) is 13.8. The predicted octanol–water partition coefficient (Wildman–Crippen LogP) is 6.30. The van der Waals surface area contributed by atoms with E-state index in [1.165, 1.54) is 32.1 Å². The second kappa shape index (κ2) is 8.65. The molecule has 0 fully saturated rings. The minimum absolute atomic E-state index is 0.819. The van der Waals surface area contributed by atoms with Crippen LogP contribution < -0.4 is 0 Å². The van der Waals surface area contributed by atoms with Gasteiger partial charge in [0.1, 0.15) is 5.01 Å². The van der Waals surface area contributed by atoms with Gasteiger partial charge in [0.2, 0.25) is 5.13 Å². The Hall–Kier alpha value is -1.37. The van der Waals surface area contributed by atoms with Gasteiger partial charge in [0, 0.05) is 11.8 Å². The molecule has 2 heterocycles. The molecule has 126 valence electrons. The van der Waals surface area contributed by atoms with Crippen molar-refractivity contribution in [2.45, 2.75) is 45.4 Å². The first kappa shape index (κ1) is 17.5. The molecule has 0 saturated carbocycles. The maximum Gasteiger partial charge on any atom is 0.218 e. The highest BCUT2D eigenvalue weighted by molar-refractivity contribution is 7.73. The van der Waals surface area contributed by atoms with Crippen LogP contribution >= 0.6 is 34.9 Å². The van der Waals surface area contributed by atoms with Crippen molar-refractivity contribution < 1.29 is 0 Å². The van der Waals surface area contributed by atoms with Gasteiger partial charge in [-0.25, -0.2) is 0 Å². The lowest BCUT2D eigenvalue weighted by Crippen LogP contribution is -1.95. The van der Waals surface area contributed by atoms with Crippen molar-refractivity contribution in [1.29, 1.82) is 0 Å². The summed E-state index contributed by atoms with van der Waals surface area (Å²) in [6.45, 7) is 2.24. The molecule has 1 aromatic carbocycles. The zero-order chi connectivity index (χ0) is 16.8. The third-order valence-electron chi connectivity index (χ3n) is 3.91. The van der Waals surface area contributed by atoms with Crippen molar-refractivity contribution in [1.82, 2.24) is 14.8 Å². The number of aromatic nitrogens is 3. The highest BCUT2D eigenvalue weighted by Gasteiger charge is 2.13. The van der Waals surface area contributed by atoms with Gasteiger partial charge in [-0.1, -0.05) is 74.3 Å². The molecule has 0 aliphatic rings. The summed E-state index contributed by atoms with van der Waals surface area (Å²) in [5.41, 5.74) is 2.25.